The van der Waals surface area contributed by atoms with Crippen LogP contribution in [0, 0.1) is 5.92 Å². The largest absolute Gasteiger partial charge is 0.478 e. The molecule has 2 N–H and O–H groups in total. The van der Waals surface area contributed by atoms with E-state index in [0.29, 0.717) is 0 Å². The predicted octanol–water partition coefficient (Wildman–Crippen LogP) is 0.846. The Balaban J connectivity index is 2.99. The van der Waals surface area contributed by atoms with Crippen LogP contribution in [0.4, 0.5) is 0 Å². The summed E-state index contributed by atoms with van der Waals surface area (Å²) in [6.45, 7) is 3.14. The number of carboxylic acid groups (broad SMARTS) is 1. The first-order valence-electron chi connectivity index (χ1n) is 5.14. The zero-order chi connectivity index (χ0) is 13.9. The molecule has 0 saturated carbocycles. The van der Waals surface area contributed by atoms with E-state index < -0.39 is 27.8 Å². The Morgan fingerprint density at radius 2 is 1.67 bits per heavy atom. The summed E-state index contributed by atoms with van der Waals surface area (Å²) in [7, 11) is -3.94. The molecular formula is C11H13NO5S. The van der Waals surface area contributed by atoms with Gasteiger partial charge in [0.15, 0.2) is 0 Å². The number of carbonyl (C=O) groups is 2. The van der Waals surface area contributed by atoms with Crippen LogP contribution in [0.3, 0.4) is 0 Å². The second-order valence-corrected chi connectivity index (χ2v) is 5.64. The molecule has 0 aromatic heterocycles. The molecule has 0 spiro atoms. The average Bonchev–Trinajstić information content (AvgIpc) is 2.28. The topological polar surface area (TPSA) is 101 Å². The maximum Gasteiger partial charge on any atom is 0.335 e. The Morgan fingerprint density at radius 3 is 2.06 bits per heavy atom. The minimum atomic E-state index is -3.94. The van der Waals surface area contributed by atoms with Gasteiger partial charge in [0.2, 0.25) is 5.91 Å². The number of sulfonamides is 1. The van der Waals surface area contributed by atoms with Crippen LogP contribution in [0.15, 0.2) is 29.2 Å². The smallest absolute Gasteiger partial charge is 0.335 e. The number of aromatic carboxylic acids is 1. The van der Waals surface area contributed by atoms with E-state index in [1.54, 1.807) is 13.8 Å². The number of hydrogen-bond acceptors (Lipinski definition) is 4. The third-order valence-corrected chi connectivity index (χ3v) is 3.53. The van der Waals surface area contributed by atoms with E-state index in [0.717, 1.165) is 24.3 Å². The van der Waals surface area contributed by atoms with E-state index in [9.17, 15) is 18.0 Å². The predicted molar refractivity (Wildman–Crippen MR) is 63.6 cm³/mol. The molecule has 1 aromatic carbocycles. The highest BCUT2D eigenvalue weighted by atomic mass is 32.2. The lowest BCUT2D eigenvalue weighted by atomic mass is 10.2. The summed E-state index contributed by atoms with van der Waals surface area (Å²) in [6, 6.07) is 4.60. The van der Waals surface area contributed by atoms with Crippen LogP contribution >= 0.6 is 0 Å². The van der Waals surface area contributed by atoms with Crippen molar-refractivity contribution in [3.8, 4) is 0 Å². The quantitative estimate of drug-likeness (QED) is 0.845. The fraction of sp³-hybridized carbons (Fsp3) is 0.273. The molecule has 6 nitrogen and oxygen atoms in total. The summed E-state index contributed by atoms with van der Waals surface area (Å²) in [5, 5.41) is 8.68. The number of benzene rings is 1. The fourth-order valence-electron chi connectivity index (χ4n) is 1.09. The van der Waals surface area contributed by atoms with Crippen molar-refractivity contribution in [2.45, 2.75) is 18.7 Å². The Labute approximate surface area is 105 Å². The van der Waals surface area contributed by atoms with Gasteiger partial charge in [-0.3, -0.25) is 4.79 Å². The first-order chi connectivity index (χ1) is 8.24. The van der Waals surface area contributed by atoms with Crippen LogP contribution in [-0.4, -0.2) is 25.4 Å². The molecule has 0 aliphatic heterocycles. The zero-order valence-electron chi connectivity index (χ0n) is 9.88. The van der Waals surface area contributed by atoms with Crippen molar-refractivity contribution < 1.29 is 23.1 Å². The lowest BCUT2D eigenvalue weighted by molar-refractivity contribution is -0.122. The van der Waals surface area contributed by atoms with Gasteiger partial charge in [-0.2, -0.15) is 0 Å². The Morgan fingerprint density at radius 1 is 1.17 bits per heavy atom. The number of carboxylic acids is 1. The van der Waals surface area contributed by atoms with Crippen molar-refractivity contribution in [1.29, 1.82) is 0 Å². The molecule has 0 aliphatic rings. The monoisotopic (exact) mass is 271 g/mol. The summed E-state index contributed by atoms with van der Waals surface area (Å²) in [5.74, 6) is -2.22. The van der Waals surface area contributed by atoms with E-state index in [1.807, 2.05) is 4.72 Å². The van der Waals surface area contributed by atoms with Gasteiger partial charge in [0, 0.05) is 5.92 Å². The molecule has 98 valence electrons. The molecule has 7 heteroatoms. The van der Waals surface area contributed by atoms with Gasteiger partial charge in [-0.05, 0) is 24.3 Å². The lowest BCUT2D eigenvalue weighted by Gasteiger charge is -2.08. The van der Waals surface area contributed by atoms with E-state index in [2.05, 4.69) is 0 Å². The van der Waals surface area contributed by atoms with Crippen molar-refractivity contribution in [2.24, 2.45) is 5.92 Å². The van der Waals surface area contributed by atoms with Crippen LogP contribution in [0.25, 0.3) is 0 Å². The zero-order valence-corrected chi connectivity index (χ0v) is 10.7. The summed E-state index contributed by atoms with van der Waals surface area (Å²) in [6.07, 6.45) is 0. The van der Waals surface area contributed by atoms with Gasteiger partial charge in [0.1, 0.15) is 0 Å². The van der Waals surface area contributed by atoms with Gasteiger partial charge >= 0.3 is 5.97 Å². The molecule has 0 bridgehead atoms. The third-order valence-electron chi connectivity index (χ3n) is 2.17. The molecule has 1 amide bonds. The average molecular weight is 271 g/mol. The molecule has 0 heterocycles. The molecule has 1 aromatic rings. The summed E-state index contributed by atoms with van der Waals surface area (Å²) in [5.41, 5.74) is -0.0239. The van der Waals surface area contributed by atoms with Gasteiger partial charge in [-0.15, -0.1) is 0 Å². The number of nitrogens with one attached hydrogen (secondary N) is 1. The van der Waals surface area contributed by atoms with Crippen LogP contribution in [0.1, 0.15) is 24.2 Å². The van der Waals surface area contributed by atoms with Crippen LogP contribution in [-0.2, 0) is 14.8 Å². The standard InChI is InChI=1S/C11H13NO5S/c1-7(2)10(13)12-18(16,17)9-5-3-8(4-6-9)11(14)15/h3-7H,1-2H3,(H,12,13)(H,14,15). The SMILES string of the molecule is CC(C)C(=O)NS(=O)(=O)c1ccc(C(=O)O)cc1. The summed E-state index contributed by atoms with van der Waals surface area (Å²) in [4.78, 5) is 21.8. The summed E-state index contributed by atoms with van der Waals surface area (Å²) >= 11 is 0. The van der Waals surface area contributed by atoms with Crippen molar-refractivity contribution in [2.75, 3.05) is 0 Å². The number of carbonyl (C=O) groups excluding carboxylic acids is 1. The fourth-order valence-corrected chi connectivity index (χ4v) is 2.20. The van der Waals surface area contributed by atoms with E-state index in [-0.39, 0.29) is 10.5 Å². The number of hydrogen-bond donors (Lipinski definition) is 2. The van der Waals surface area contributed by atoms with Gasteiger partial charge < -0.3 is 5.11 Å². The van der Waals surface area contributed by atoms with Crippen molar-refractivity contribution in [3.05, 3.63) is 29.8 Å². The second-order valence-electron chi connectivity index (χ2n) is 3.95. The minimum absolute atomic E-state index is 0.0239. The van der Waals surface area contributed by atoms with Crippen LogP contribution in [0.2, 0.25) is 0 Å². The highest BCUT2D eigenvalue weighted by Crippen LogP contribution is 2.11. The molecule has 1 rings (SSSR count). The first-order valence-corrected chi connectivity index (χ1v) is 6.62. The number of amides is 1. The first kappa shape index (κ1) is 14.2. The van der Waals surface area contributed by atoms with Gasteiger partial charge in [-0.25, -0.2) is 17.9 Å². The Hall–Kier alpha value is -1.89. The molecular weight excluding hydrogens is 258 g/mol. The maximum absolute atomic E-state index is 11.7. The molecule has 0 atom stereocenters. The van der Waals surface area contributed by atoms with Gasteiger partial charge in [0.05, 0.1) is 10.5 Å². The number of rotatable bonds is 4. The van der Waals surface area contributed by atoms with E-state index >= 15 is 0 Å². The maximum atomic E-state index is 11.7. The molecule has 18 heavy (non-hydrogen) atoms. The molecule has 0 aliphatic carbocycles. The Kier molecular flexibility index (Phi) is 4.07. The molecule has 0 unspecified atom stereocenters. The highest BCUT2D eigenvalue weighted by Gasteiger charge is 2.19. The molecule has 0 saturated heterocycles. The normalized spacial score (nSPS) is 11.3. The van der Waals surface area contributed by atoms with Crippen LogP contribution in [0.5, 0.6) is 0 Å². The summed E-state index contributed by atoms with van der Waals surface area (Å²) < 4.78 is 25.4. The van der Waals surface area contributed by atoms with E-state index in [1.165, 1.54) is 0 Å². The minimum Gasteiger partial charge on any atom is -0.478 e. The van der Waals surface area contributed by atoms with Crippen molar-refractivity contribution in [3.63, 3.8) is 0 Å². The lowest BCUT2D eigenvalue weighted by Crippen LogP contribution is -2.33. The highest BCUT2D eigenvalue weighted by molar-refractivity contribution is 7.90. The van der Waals surface area contributed by atoms with Crippen molar-refractivity contribution in [1.82, 2.24) is 4.72 Å². The van der Waals surface area contributed by atoms with Gasteiger partial charge in [0.25, 0.3) is 10.0 Å². The second kappa shape index (κ2) is 5.18. The molecule has 0 radical (unpaired) electrons. The third kappa shape index (κ3) is 3.30. The molecule has 0 fully saturated rings. The Bertz CT molecular complexity index is 560. The van der Waals surface area contributed by atoms with Crippen LogP contribution < -0.4 is 4.72 Å². The van der Waals surface area contributed by atoms with Crippen molar-refractivity contribution >= 4 is 21.9 Å². The van der Waals surface area contributed by atoms with E-state index in [4.69, 9.17) is 5.11 Å². The van der Waals surface area contributed by atoms with Gasteiger partial charge in [-0.1, -0.05) is 13.8 Å².